The average molecular weight is 295 g/mol. The third kappa shape index (κ3) is 4.22. The van der Waals surface area contributed by atoms with Crippen LogP contribution in [0.25, 0.3) is 0 Å². The zero-order valence-corrected chi connectivity index (χ0v) is 12.7. The molecule has 0 radical (unpaired) electrons. The second-order valence-electron chi connectivity index (χ2n) is 5.49. The highest BCUT2D eigenvalue weighted by atomic mass is 35.5. The maximum atomic E-state index is 12.0. The lowest BCUT2D eigenvalue weighted by atomic mass is 9.77. The third-order valence-electron chi connectivity index (χ3n) is 4.00. The Labute approximate surface area is 126 Å². The van der Waals surface area contributed by atoms with E-state index >= 15 is 0 Å². The van der Waals surface area contributed by atoms with Crippen molar-refractivity contribution in [2.75, 3.05) is 13.6 Å². The van der Waals surface area contributed by atoms with Gasteiger partial charge < -0.3 is 10.6 Å². The van der Waals surface area contributed by atoms with Gasteiger partial charge in [0.15, 0.2) is 0 Å². The molecule has 1 fully saturated rings. The van der Waals surface area contributed by atoms with Gasteiger partial charge >= 0.3 is 0 Å². The van der Waals surface area contributed by atoms with Crippen LogP contribution in [0.5, 0.6) is 0 Å². The summed E-state index contributed by atoms with van der Waals surface area (Å²) >= 11 is 5.94. The molecule has 0 aliphatic heterocycles. The van der Waals surface area contributed by atoms with E-state index in [1.165, 1.54) is 24.8 Å². The number of hydrogen-bond acceptors (Lipinski definition) is 2. The van der Waals surface area contributed by atoms with Crippen LogP contribution in [0.4, 0.5) is 0 Å². The van der Waals surface area contributed by atoms with Gasteiger partial charge in [-0.3, -0.25) is 4.79 Å². The molecule has 1 atom stereocenters. The van der Waals surface area contributed by atoms with Crippen molar-refractivity contribution in [2.45, 2.75) is 38.1 Å². The monoisotopic (exact) mass is 294 g/mol. The standard InChI is InChI=1S/C16H23ClN2O/c1-18-11-3-6-15(20)19-16(12-4-2-5-12)13-7-9-14(17)10-8-13/h7-10,12,16,18H,2-6,11H2,1H3,(H,19,20). The molecule has 0 saturated heterocycles. The molecule has 1 saturated carbocycles. The normalized spacial score (nSPS) is 16.5. The molecule has 20 heavy (non-hydrogen) atoms. The van der Waals surface area contributed by atoms with Crippen LogP contribution in [-0.4, -0.2) is 19.5 Å². The first kappa shape index (κ1) is 15.3. The molecule has 1 amide bonds. The van der Waals surface area contributed by atoms with E-state index in [2.05, 4.69) is 10.6 Å². The molecule has 0 heterocycles. The number of amides is 1. The zero-order chi connectivity index (χ0) is 14.4. The Morgan fingerprint density at radius 1 is 1.35 bits per heavy atom. The molecule has 3 nitrogen and oxygen atoms in total. The summed E-state index contributed by atoms with van der Waals surface area (Å²) in [6, 6.07) is 7.99. The molecule has 2 rings (SSSR count). The molecule has 0 aromatic heterocycles. The van der Waals surface area contributed by atoms with Gasteiger partial charge in [0.1, 0.15) is 0 Å². The zero-order valence-electron chi connectivity index (χ0n) is 12.0. The maximum absolute atomic E-state index is 12.0. The van der Waals surface area contributed by atoms with Crippen molar-refractivity contribution in [3.8, 4) is 0 Å². The van der Waals surface area contributed by atoms with E-state index in [1.54, 1.807) is 0 Å². The van der Waals surface area contributed by atoms with Crippen LogP contribution in [0.2, 0.25) is 5.02 Å². The molecule has 1 unspecified atom stereocenters. The molecular weight excluding hydrogens is 272 g/mol. The fraction of sp³-hybridized carbons (Fsp3) is 0.562. The summed E-state index contributed by atoms with van der Waals surface area (Å²) in [4.78, 5) is 12.0. The number of hydrogen-bond donors (Lipinski definition) is 2. The molecule has 1 aromatic carbocycles. The van der Waals surface area contributed by atoms with E-state index < -0.39 is 0 Å². The number of rotatable bonds is 7. The van der Waals surface area contributed by atoms with Crippen LogP contribution >= 0.6 is 11.6 Å². The summed E-state index contributed by atoms with van der Waals surface area (Å²) in [5.41, 5.74) is 1.17. The second-order valence-corrected chi connectivity index (χ2v) is 5.93. The summed E-state index contributed by atoms with van der Waals surface area (Å²) in [5.74, 6) is 0.719. The van der Waals surface area contributed by atoms with Crippen molar-refractivity contribution >= 4 is 17.5 Å². The highest BCUT2D eigenvalue weighted by molar-refractivity contribution is 6.30. The SMILES string of the molecule is CNCCCC(=O)NC(c1ccc(Cl)cc1)C1CCC1. The van der Waals surface area contributed by atoms with Gasteiger partial charge in [0.2, 0.25) is 5.91 Å². The number of halogens is 1. The molecule has 0 bridgehead atoms. The van der Waals surface area contributed by atoms with E-state index in [4.69, 9.17) is 11.6 Å². The molecular formula is C16H23ClN2O. The van der Waals surface area contributed by atoms with Crippen molar-refractivity contribution in [1.29, 1.82) is 0 Å². The number of benzene rings is 1. The van der Waals surface area contributed by atoms with Crippen molar-refractivity contribution < 1.29 is 4.79 Å². The Balaban J connectivity index is 1.97. The van der Waals surface area contributed by atoms with E-state index in [0.29, 0.717) is 12.3 Å². The van der Waals surface area contributed by atoms with Gasteiger partial charge in [0, 0.05) is 11.4 Å². The first-order valence-corrected chi connectivity index (χ1v) is 7.78. The van der Waals surface area contributed by atoms with E-state index in [0.717, 1.165) is 18.0 Å². The minimum Gasteiger partial charge on any atom is -0.349 e. The number of carbonyl (C=O) groups excluding carboxylic acids is 1. The fourth-order valence-corrected chi connectivity index (χ4v) is 2.71. The Bertz CT molecular complexity index is 429. The number of carbonyl (C=O) groups is 1. The van der Waals surface area contributed by atoms with Gasteiger partial charge in [0.25, 0.3) is 0 Å². The topological polar surface area (TPSA) is 41.1 Å². The average Bonchev–Trinajstić information content (AvgIpc) is 2.37. The van der Waals surface area contributed by atoms with Gasteiger partial charge in [-0.1, -0.05) is 30.2 Å². The predicted molar refractivity (Wildman–Crippen MR) is 82.8 cm³/mol. The van der Waals surface area contributed by atoms with E-state index in [-0.39, 0.29) is 11.9 Å². The Morgan fingerprint density at radius 2 is 2.05 bits per heavy atom. The first-order valence-electron chi connectivity index (χ1n) is 7.40. The lowest BCUT2D eigenvalue weighted by molar-refractivity contribution is -0.122. The molecule has 110 valence electrons. The Kier molecular flexibility index (Phi) is 5.86. The minimum absolute atomic E-state index is 0.142. The van der Waals surface area contributed by atoms with Crippen molar-refractivity contribution in [1.82, 2.24) is 10.6 Å². The van der Waals surface area contributed by atoms with Crippen molar-refractivity contribution in [2.24, 2.45) is 5.92 Å². The quantitative estimate of drug-likeness (QED) is 0.758. The molecule has 1 aliphatic rings. The Hall–Kier alpha value is -1.06. The predicted octanol–water partition coefficient (Wildman–Crippen LogP) is 3.30. The minimum atomic E-state index is 0.142. The molecule has 2 N–H and O–H groups in total. The van der Waals surface area contributed by atoms with Crippen LogP contribution in [0.3, 0.4) is 0 Å². The van der Waals surface area contributed by atoms with Crippen LogP contribution in [0.15, 0.2) is 24.3 Å². The smallest absolute Gasteiger partial charge is 0.220 e. The maximum Gasteiger partial charge on any atom is 0.220 e. The largest absolute Gasteiger partial charge is 0.349 e. The van der Waals surface area contributed by atoms with E-state index in [1.807, 2.05) is 31.3 Å². The van der Waals surface area contributed by atoms with Gasteiger partial charge in [-0.15, -0.1) is 0 Å². The lowest BCUT2D eigenvalue weighted by Gasteiger charge is -2.34. The molecule has 4 heteroatoms. The summed E-state index contributed by atoms with van der Waals surface area (Å²) in [5, 5.41) is 7.01. The van der Waals surface area contributed by atoms with E-state index in [9.17, 15) is 4.79 Å². The third-order valence-corrected chi connectivity index (χ3v) is 4.25. The summed E-state index contributed by atoms with van der Waals surface area (Å²) in [6.07, 6.45) is 5.12. The lowest BCUT2D eigenvalue weighted by Crippen LogP contribution is -2.36. The van der Waals surface area contributed by atoms with Gasteiger partial charge in [0.05, 0.1) is 6.04 Å². The molecule has 1 aromatic rings. The Morgan fingerprint density at radius 3 is 2.60 bits per heavy atom. The number of nitrogens with one attached hydrogen (secondary N) is 2. The fourth-order valence-electron chi connectivity index (χ4n) is 2.59. The first-order chi connectivity index (χ1) is 9.70. The van der Waals surface area contributed by atoms with Crippen molar-refractivity contribution in [3.05, 3.63) is 34.9 Å². The van der Waals surface area contributed by atoms with Gasteiger partial charge in [-0.2, -0.15) is 0 Å². The van der Waals surface area contributed by atoms with Crippen LogP contribution in [0, 0.1) is 5.92 Å². The second kappa shape index (κ2) is 7.65. The molecule has 0 spiro atoms. The van der Waals surface area contributed by atoms with Crippen LogP contribution in [0.1, 0.15) is 43.7 Å². The molecule has 1 aliphatic carbocycles. The van der Waals surface area contributed by atoms with Crippen LogP contribution in [-0.2, 0) is 4.79 Å². The summed E-state index contributed by atoms with van der Waals surface area (Å²) in [7, 11) is 1.91. The summed E-state index contributed by atoms with van der Waals surface area (Å²) in [6.45, 7) is 0.877. The summed E-state index contributed by atoms with van der Waals surface area (Å²) < 4.78 is 0. The van der Waals surface area contributed by atoms with Crippen LogP contribution < -0.4 is 10.6 Å². The van der Waals surface area contributed by atoms with Crippen molar-refractivity contribution in [3.63, 3.8) is 0 Å². The highest BCUT2D eigenvalue weighted by Crippen LogP contribution is 2.38. The highest BCUT2D eigenvalue weighted by Gasteiger charge is 2.29. The van der Waals surface area contributed by atoms with Gasteiger partial charge in [-0.25, -0.2) is 0 Å². The van der Waals surface area contributed by atoms with Gasteiger partial charge in [-0.05, 0) is 56.5 Å².